The van der Waals surface area contributed by atoms with Crippen molar-refractivity contribution < 1.29 is 19.1 Å². The molecule has 6 nitrogen and oxygen atoms in total. The van der Waals surface area contributed by atoms with Crippen molar-refractivity contribution in [1.29, 1.82) is 0 Å². The summed E-state index contributed by atoms with van der Waals surface area (Å²) in [7, 11) is 0. The second-order valence-electron chi connectivity index (χ2n) is 6.82. The van der Waals surface area contributed by atoms with Crippen LogP contribution in [0.1, 0.15) is 25.0 Å². The third-order valence-corrected chi connectivity index (χ3v) is 4.34. The average molecular weight is 354 g/mol. The van der Waals surface area contributed by atoms with Crippen LogP contribution in [0.4, 0.5) is 5.69 Å². The SMILES string of the molecule is Cc1ccc(CNC(=O)C(C)(C)C(=O)Nc2ccc3c(c2)OCO3)cc1. The minimum atomic E-state index is -1.22. The van der Waals surface area contributed by atoms with E-state index in [1.165, 1.54) is 0 Å². The summed E-state index contributed by atoms with van der Waals surface area (Å²) in [6.45, 7) is 5.74. The Morgan fingerprint density at radius 2 is 1.69 bits per heavy atom. The summed E-state index contributed by atoms with van der Waals surface area (Å²) in [5.74, 6) is 0.483. The number of ether oxygens (including phenoxy) is 2. The van der Waals surface area contributed by atoms with Crippen molar-refractivity contribution in [1.82, 2.24) is 5.32 Å². The van der Waals surface area contributed by atoms with Gasteiger partial charge in [0.25, 0.3) is 0 Å². The normalized spacial score (nSPS) is 12.6. The van der Waals surface area contributed by atoms with Gasteiger partial charge in [-0.3, -0.25) is 9.59 Å². The molecule has 0 bridgehead atoms. The third-order valence-electron chi connectivity index (χ3n) is 4.34. The van der Waals surface area contributed by atoms with Gasteiger partial charge in [0.1, 0.15) is 5.41 Å². The van der Waals surface area contributed by atoms with Gasteiger partial charge in [-0.2, -0.15) is 0 Å². The predicted molar refractivity (Wildman–Crippen MR) is 98.0 cm³/mol. The molecular weight excluding hydrogens is 332 g/mol. The first-order chi connectivity index (χ1) is 12.4. The van der Waals surface area contributed by atoms with Gasteiger partial charge in [-0.1, -0.05) is 29.8 Å². The Hall–Kier alpha value is -3.02. The standard InChI is InChI=1S/C20H22N2O4/c1-13-4-6-14(7-5-13)11-21-18(23)20(2,3)19(24)22-15-8-9-16-17(10-15)26-12-25-16/h4-10H,11-12H2,1-3H3,(H,21,23)(H,22,24). The molecule has 2 N–H and O–H groups in total. The molecule has 1 aliphatic heterocycles. The number of anilines is 1. The number of hydrogen-bond acceptors (Lipinski definition) is 4. The maximum Gasteiger partial charge on any atom is 0.239 e. The summed E-state index contributed by atoms with van der Waals surface area (Å²) >= 11 is 0. The lowest BCUT2D eigenvalue weighted by Crippen LogP contribution is -2.44. The fourth-order valence-corrected chi connectivity index (χ4v) is 2.47. The highest BCUT2D eigenvalue weighted by molar-refractivity contribution is 6.09. The van der Waals surface area contributed by atoms with Crippen LogP contribution in [0.3, 0.4) is 0 Å². The topological polar surface area (TPSA) is 76.7 Å². The van der Waals surface area contributed by atoms with Crippen molar-refractivity contribution in [3.63, 3.8) is 0 Å². The zero-order valence-electron chi connectivity index (χ0n) is 15.1. The lowest BCUT2D eigenvalue weighted by Gasteiger charge is -2.23. The maximum absolute atomic E-state index is 12.6. The van der Waals surface area contributed by atoms with Gasteiger partial charge in [0.15, 0.2) is 11.5 Å². The fourth-order valence-electron chi connectivity index (χ4n) is 2.47. The van der Waals surface area contributed by atoms with Crippen molar-refractivity contribution >= 4 is 17.5 Å². The molecule has 3 rings (SSSR count). The number of fused-ring (bicyclic) bond motifs is 1. The smallest absolute Gasteiger partial charge is 0.239 e. The molecule has 0 fully saturated rings. The molecule has 0 unspecified atom stereocenters. The van der Waals surface area contributed by atoms with Gasteiger partial charge < -0.3 is 20.1 Å². The van der Waals surface area contributed by atoms with Gasteiger partial charge in [0.2, 0.25) is 18.6 Å². The molecule has 0 saturated heterocycles. The van der Waals surface area contributed by atoms with Crippen LogP contribution in [-0.2, 0) is 16.1 Å². The van der Waals surface area contributed by atoms with Crippen LogP contribution in [0.25, 0.3) is 0 Å². The van der Waals surface area contributed by atoms with Crippen molar-refractivity contribution in [2.24, 2.45) is 5.41 Å². The van der Waals surface area contributed by atoms with Crippen LogP contribution in [0.2, 0.25) is 0 Å². The van der Waals surface area contributed by atoms with E-state index in [-0.39, 0.29) is 12.7 Å². The lowest BCUT2D eigenvalue weighted by molar-refractivity contribution is -0.138. The number of hydrogen-bond donors (Lipinski definition) is 2. The van der Waals surface area contributed by atoms with E-state index in [0.29, 0.717) is 23.7 Å². The summed E-state index contributed by atoms with van der Waals surface area (Å²) in [4.78, 5) is 25.1. The molecule has 0 atom stereocenters. The predicted octanol–water partition coefficient (Wildman–Crippen LogP) is 3.00. The van der Waals surface area contributed by atoms with Crippen LogP contribution < -0.4 is 20.1 Å². The molecule has 0 aliphatic carbocycles. The second-order valence-corrected chi connectivity index (χ2v) is 6.82. The van der Waals surface area contributed by atoms with E-state index < -0.39 is 11.3 Å². The zero-order valence-corrected chi connectivity index (χ0v) is 15.1. The molecule has 1 heterocycles. The van der Waals surface area contributed by atoms with E-state index in [0.717, 1.165) is 11.1 Å². The van der Waals surface area contributed by atoms with Gasteiger partial charge in [0.05, 0.1) is 0 Å². The van der Waals surface area contributed by atoms with Crippen LogP contribution >= 0.6 is 0 Å². The molecule has 6 heteroatoms. The van der Waals surface area contributed by atoms with E-state index in [1.54, 1.807) is 32.0 Å². The first-order valence-corrected chi connectivity index (χ1v) is 8.41. The van der Waals surface area contributed by atoms with E-state index in [1.807, 2.05) is 31.2 Å². The number of aryl methyl sites for hydroxylation is 1. The number of benzene rings is 2. The molecule has 136 valence electrons. The summed E-state index contributed by atoms with van der Waals surface area (Å²) < 4.78 is 10.5. The molecule has 1 aliphatic rings. The van der Waals surface area contributed by atoms with Crippen molar-refractivity contribution in [2.45, 2.75) is 27.3 Å². The zero-order chi connectivity index (χ0) is 18.7. The fraction of sp³-hybridized carbons (Fsp3) is 0.300. The second kappa shape index (κ2) is 7.07. The highest BCUT2D eigenvalue weighted by Crippen LogP contribution is 2.34. The minimum absolute atomic E-state index is 0.166. The molecule has 2 aromatic carbocycles. The van der Waals surface area contributed by atoms with Crippen LogP contribution in [0.15, 0.2) is 42.5 Å². The monoisotopic (exact) mass is 354 g/mol. The van der Waals surface area contributed by atoms with Crippen LogP contribution in [0.5, 0.6) is 11.5 Å². The molecule has 0 aromatic heterocycles. The van der Waals surface area contributed by atoms with E-state index in [4.69, 9.17) is 9.47 Å². The van der Waals surface area contributed by atoms with Crippen molar-refractivity contribution in [2.75, 3.05) is 12.1 Å². The molecule has 26 heavy (non-hydrogen) atoms. The van der Waals surface area contributed by atoms with Crippen LogP contribution in [-0.4, -0.2) is 18.6 Å². The summed E-state index contributed by atoms with van der Waals surface area (Å²) in [5.41, 5.74) is 1.47. The largest absolute Gasteiger partial charge is 0.454 e. The Balaban J connectivity index is 1.61. The number of carbonyl (C=O) groups excluding carboxylic acids is 2. The van der Waals surface area contributed by atoms with Gasteiger partial charge in [-0.05, 0) is 38.5 Å². The minimum Gasteiger partial charge on any atom is -0.454 e. The van der Waals surface area contributed by atoms with Crippen molar-refractivity contribution in [3.05, 3.63) is 53.6 Å². The Kier molecular flexibility index (Phi) is 4.84. The summed E-state index contributed by atoms with van der Waals surface area (Å²) in [6, 6.07) is 13.0. The van der Waals surface area contributed by atoms with E-state index >= 15 is 0 Å². The van der Waals surface area contributed by atoms with Gasteiger partial charge in [0, 0.05) is 18.3 Å². The summed E-state index contributed by atoms with van der Waals surface area (Å²) in [5, 5.41) is 5.59. The maximum atomic E-state index is 12.6. The quantitative estimate of drug-likeness (QED) is 0.809. The van der Waals surface area contributed by atoms with Gasteiger partial charge in [-0.25, -0.2) is 0 Å². The number of carbonyl (C=O) groups is 2. The number of rotatable bonds is 5. The Bertz CT molecular complexity index is 828. The third kappa shape index (κ3) is 3.79. The molecule has 0 spiro atoms. The van der Waals surface area contributed by atoms with Crippen molar-refractivity contribution in [3.8, 4) is 11.5 Å². The molecular formula is C20H22N2O4. The van der Waals surface area contributed by atoms with Crippen LogP contribution in [0, 0.1) is 12.3 Å². The first-order valence-electron chi connectivity index (χ1n) is 8.41. The van der Waals surface area contributed by atoms with Gasteiger partial charge >= 0.3 is 0 Å². The van der Waals surface area contributed by atoms with E-state index in [2.05, 4.69) is 10.6 Å². The number of nitrogens with one attached hydrogen (secondary N) is 2. The Morgan fingerprint density at radius 1 is 1.00 bits per heavy atom. The Labute approximate surface area is 152 Å². The highest BCUT2D eigenvalue weighted by atomic mass is 16.7. The summed E-state index contributed by atoms with van der Waals surface area (Å²) in [6.07, 6.45) is 0. The first kappa shape index (κ1) is 17.8. The lowest BCUT2D eigenvalue weighted by atomic mass is 9.90. The average Bonchev–Trinajstić information content (AvgIpc) is 3.08. The molecule has 0 radical (unpaired) electrons. The van der Waals surface area contributed by atoms with E-state index in [9.17, 15) is 9.59 Å². The number of amides is 2. The van der Waals surface area contributed by atoms with Gasteiger partial charge in [-0.15, -0.1) is 0 Å². The molecule has 0 saturated carbocycles. The highest BCUT2D eigenvalue weighted by Gasteiger charge is 2.36. The molecule has 2 aromatic rings. The Morgan fingerprint density at radius 3 is 2.42 bits per heavy atom. The molecule has 2 amide bonds.